The predicted octanol–water partition coefficient (Wildman–Crippen LogP) is 4.45. The molecule has 5 heteroatoms. The van der Waals surface area contributed by atoms with E-state index in [4.69, 9.17) is 14.2 Å². The Bertz CT molecular complexity index is 885. The fraction of sp³-hybridized carbons (Fsp3) is 0.364. The number of methoxy groups -OCH3 is 2. The molecule has 0 saturated heterocycles. The van der Waals surface area contributed by atoms with Gasteiger partial charge in [0.2, 0.25) is 5.75 Å². The van der Waals surface area contributed by atoms with Gasteiger partial charge in [-0.25, -0.2) is 0 Å². The Morgan fingerprint density at radius 3 is 2.44 bits per heavy atom. The van der Waals surface area contributed by atoms with Gasteiger partial charge in [-0.2, -0.15) is 0 Å². The van der Waals surface area contributed by atoms with Crippen molar-refractivity contribution in [1.82, 2.24) is 0 Å². The number of ether oxygens (including phenoxy) is 3. The molecule has 0 N–H and O–H groups in total. The minimum atomic E-state index is -0.318. The summed E-state index contributed by atoms with van der Waals surface area (Å²) in [6, 6.07) is 9.34. The molecule has 0 aromatic heterocycles. The lowest BCUT2D eigenvalue weighted by molar-refractivity contribution is -0.138. The normalized spacial score (nSPS) is 13.9. The van der Waals surface area contributed by atoms with Crippen LogP contribution < -0.4 is 14.2 Å². The average Bonchev–Trinajstić information content (AvgIpc) is 3.06. The lowest BCUT2D eigenvalue weighted by Crippen LogP contribution is -2.18. The smallest absolute Gasteiger partial charge is 0.314 e. The van der Waals surface area contributed by atoms with Crippen LogP contribution in [0.3, 0.4) is 0 Å². The Morgan fingerprint density at radius 1 is 1.04 bits per heavy atom. The second-order valence-electron chi connectivity index (χ2n) is 6.70. The first-order valence-electron chi connectivity index (χ1n) is 9.13. The molecule has 142 valence electrons. The molecule has 0 fully saturated rings. The summed E-state index contributed by atoms with van der Waals surface area (Å²) in [6.45, 7) is 3.77. The molecule has 0 aliphatic heterocycles. The molecule has 0 heterocycles. The first-order chi connectivity index (χ1) is 13.0. The Morgan fingerprint density at radius 2 is 1.78 bits per heavy atom. The third-order valence-corrected chi connectivity index (χ3v) is 5.06. The summed E-state index contributed by atoms with van der Waals surface area (Å²) < 4.78 is 16.6. The van der Waals surface area contributed by atoms with Gasteiger partial charge in [-0.15, -0.1) is 0 Å². The van der Waals surface area contributed by atoms with E-state index in [1.54, 1.807) is 13.2 Å². The third kappa shape index (κ3) is 3.54. The summed E-state index contributed by atoms with van der Waals surface area (Å²) in [4.78, 5) is 24.4. The highest BCUT2D eigenvalue weighted by Gasteiger charge is 2.25. The van der Waals surface area contributed by atoms with Crippen molar-refractivity contribution in [2.45, 2.75) is 33.1 Å². The molecule has 1 aliphatic carbocycles. The van der Waals surface area contributed by atoms with Gasteiger partial charge in [-0.05, 0) is 36.1 Å². The summed E-state index contributed by atoms with van der Waals surface area (Å²) in [5.74, 6) is 0.833. The number of hydrogen-bond acceptors (Lipinski definition) is 5. The molecule has 2 aromatic rings. The van der Waals surface area contributed by atoms with E-state index in [0.717, 1.165) is 28.7 Å². The van der Waals surface area contributed by atoms with Gasteiger partial charge in [0.25, 0.3) is 0 Å². The van der Waals surface area contributed by atoms with Gasteiger partial charge in [0, 0.05) is 17.5 Å². The van der Waals surface area contributed by atoms with Crippen molar-refractivity contribution in [2.24, 2.45) is 5.92 Å². The first kappa shape index (κ1) is 19.0. The van der Waals surface area contributed by atoms with Gasteiger partial charge in [0.1, 0.15) is 0 Å². The zero-order valence-corrected chi connectivity index (χ0v) is 16.1. The number of ketones is 1. The minimum absolute atomic E-state index is 0.173. The number of benzene rings is 2. The quantitative estimate of drug-likeness (QED) is 0.557. The molecule has 1 aliphatic rings. The van der Waals surface area contributed by atoms with Crippen molar-refractivity contribution in [3.8, 4) is 28.4 Å². The van der Waals surface area contributed by atoms with Crippen LogP contribution in [-0.4, -0.2) is 26.0 Å². The standard InChI is InChI=1S/C22H24O5/c1-5-13(2)22(24)27-20-17(9-11-19(25-3)21(20)26-4)15-6-8-16-14(12-15)7-10-18(16)23/h6,8-9,11-13H,5,7,10H2,1-4H3. The summed E-state index contributed by atoms with van der Waals surface area (Å²) in [5.41, 5.74) is 3.40. The molecule has 1 unspecified atom stereocenters. The van der Waals surface area contributed by atoms with Crippen molar-refractivity contribution in [3.63, 3.8) is 0 Å². The lowest BCUT2D eigenvalue weighted by Gasteiger charge is -2.18. The van der Waals surface area contributed by atoms with Crippen LogP contribution in [0.2, 0.25) is 0 Å². The van der Waals surface area contributed by atoms with Gasteiger partial charge < -0.3 is 14.2 Å². The zero-order chi connectivity index (χ0) is 19.6. The van der Waals surface area contributed by atoms with Crippen molar-refractivity contribution < 1.29 is 23.8 Å². The molecule has 0 saturated carbocycles. The maximum atomic E-state index is 12.5. The van der Waals surface area contributed by atoms with E-state index in [1.165, 1.54) is 7.11 Å². The topological polar surface area (TPSA) is 61.8 Å². The molecular formula is C22H24O5. The highest BCUT2D eigenvalue weighted by atomic mass is 16.6. The van der Waals surface area contributed by atoms with E-state index < -0.39 is 0 Å². The van der Waals surface area contributed by atoms with E-state index in [1.807, 2.05) is 38.1 Å². The second-order valence-corrected chi connectivity index (χ2v) is 6.70. The molecule has 0 amide bonds. The number of fused-ring (bicyclic) bond motifs is 1. The van der Waals surface area contributed by atoms with Crippen molar-refractivity contribution in [3.05, 3.63) is 41.5 Å². The van der Waals surface area contributed by atoms with Gasteiger partial charge >= 0.3 is 5.97 Å². The number of Topliss-reactive ketones (excluding diaryl/α,β-unsaturated/α-hetero) is 1. The largest absolute Gasteiger partial charge is 0.493 e. The maximum absolute atomic E-state index is 12.5. The molecule has 0 spiro atoms. The highest BCUT2D eigenvalue weighted by molar-refractivity contribution is 6.01. The summed E-state index contributed by atoms with van der Waals surface area (Å²) in [6.07, 6.45) is 1.96. The predicted molar refractivity (Wildman–Crippen MR) is 103 cm³/mol. The number of carbonyl (C=O) groups excluding carboxylic acids is 2. The SMILES string of the molecule is CCC(C)C(=O)Oc1c(-c2ccc3c(c2)CCC3=O)ccc(OC)c1OC. The van der Waals surface area contributed by atoms with Crippen molar-refractivity contribution >= 4 is 11.8 Å². The number of aryl methyl sites for hydroxylation is 1. The van der Waals surface area contributed by atoms with E-state index in [0.29, 0.717) is 30.1 Å². The molecular weight excluding hydrogens is 344 g/mol. The molecule has 5 nitrogen and oxygen atoms in total. The molecule has 2 aromatic carbocycles. The van der Waals surface area contributed by atoms with Crippen LogP contribution in [0.15, 0.2) is 30.3 Å². The van der Waals surface area contributed by atoms with Crippen LogP contribution >= 0.6 is 0 Å². The fourth-order valence-corrected chi connectivity index (χ4v) is 3.22. The Balaban J connectivity index is 2.12. The second kappa shape index (κ2) is 7.82. The highest BCUT2D eigenvalue weighted by Crippen LogP contribution is 2.45. The van der Waals surface area contributed by atoms with Crippen molar-refractivity contribution in [2.75, 3.05) is 14.2 Å². The summed E-state index contributed by atoms with van der Waals surface area (Å²) >= 11 is 0. The number of carbonyl (C=O) groups is 2. The van der Waals surface area contributed by atoms with E-state index in [2.05, 4.69) is 0 Å². The number of rotatable bonds is 6. The van der Waals surface area contributed by atoms with Gasteiger partial charge in [0.15, 0.2) is 17.3 Å². The number of esters is 1. The monoisotopic (exact) mass is 368 g/mol. The lowest BCUT2D eigenvalue weighted by atomic mass is 9.99. The van der Waals surface area contributed by atoms with Crippen LogP contribution in [-0.2, 0) is 11.2 Å². The van der Waals surface area contributed by atoms with E-state index >= 15 is 0 Å². The van der Waals surface area contributed by atoms with Crippen molar-refractivity contribution in [1.29, 1.82) is 0 Å². The molecule has 3 rings (SSSR count). The minimum Gasteiger partial charge on any atom is -0.493 e. The van der Waals surface area contributed by atoms with Crippen LogP contribution in [0.4, 0.5) is 0 Å². The Hall–Kier alpha value is -2.82. The third-order valence-electron chi connectivity index (χ3n) is 5.06. The Labute approximate surface area is 159 Å². The zero-order valence-electron chi connectivity index (χ0n) is 16.1. The molecule has 0 radical (unpaired) electrons. The molecule has 1 atom stereocenters. The average molecular weight is 368 g/mol. The maximum Gasteiger partial charge on any atom is 0.314 e. The van der Waals surface area contributed by atoms with Crippen LogP contribution in [0.1, 0.15) is 42.6 Å². The number of hydrogen-bond donors (Lipinski definition) is 0. The van der Waals surface area contributed by atoms with Crippen LogP contribution in [0.25, 0.3) is 11.1 Å². The van der Waals surface area contributed by atoms with Gasteiger partial charge in [-0.1, -0.05) is 32.0 Å². The Kier molecular flexibility index (Phi) is 5.49. The fourth-order valence-electron chi connectivity index (χ4n) is 3.22. The molecule has 27 heavy (non-hydrogen) atoms. The van der Waals surface area contributed by atoms with E-state index in [-0.39, 0.29) is 17.7 Å². The van der Waals surface area contributed by atoms with Gasteiger partial charge in [-0.3, -0.25) is 9.59 Å². The first-order valence-corrected chi connectivity index (χ1v) is 9.13. The summed E-state index contributed by atoms with van der Waals surface area (Å²) in [5, 5.41) is 0. The van der Waals surface area contributed by atoms with Crippen LogP contribution in [0.5, 0.6) is 17.2 Å². The van der Waals surface area contributed by atoms with E-state index in [9.17, 15) is 9.59 Å². The molecule has 0 bridgehead atoms. The van der Waals surface area contributed by atoms with Gasteiger partial charge in [0.05, 0.1) is 20.1 Å². The van der Waals surface area contributed by atoms with Crippen LogP contribution in [0, 0.1) is 5.92 Å². The summed E-state index contributed by atoms with van der Waals surface area (Å²) in [7, 11) is 3.06.